The highest BCUT2D eigenvalue weighted by Gasteiger charge is 2.38. The summed E-state index contributed by atoms with van der Waals surface area (Å²) in [5.41, 5.74) is 1.69. The first-order chi connectivity index (χ1) is 11.1. The average molecular weight is 314 g/mol. The van der Waals surface area contributed by atoms with Crippen molar-refractivity contribution in [2.24, 2.45) is 0 Å². The van der Waals surface area contributed by atoms with Gasteiger partial charge in [0.15, 0.2) is 0 Å². The van der Waals surface area contributed by atoms with E-state index in [4.69, 9.17) is 4.74 Å². The third-order valence-corrected chi connectivity index (χ3v) is 3.79. The monoisotopic (exact) mass is 314 g/mol. The largest absolute Gasteiger partial charge is 0.452 e. The van der Waals surface area contributed by atoms with Gasteiger partial charge in [-0.3, -0.25) is 9.69 Å². The highest BCUT2D eigenvalue weighted by atomic mass is 19.1. The number of nitrogens with zero attached hydrogens (tertiary/aromatic N) is 1. The summed E-state index contributed by atoms with van der Waals surface area (Å²) in [7, 11) is 1.26. The van der Waals surface area contributed by atoms with Crippen LogP contribution in [0.25, 0.3) is 11.1 Å². The standard InChI is InChI=1S/C17H15FN2O3/c1-23-17(22)20(15-10-19-16(15)21)12-8-6-11(7-9-12)13-4-2-3-5-14(13)18/h2-9,15H,10H2,1H3,(H,19,21)/t15-/m0/s1. The lowest BCUT2D eigenvalue weighted by Gasteiger charge is -2.35. The third-order valence-electron chi connectivity index (χ3n) is 3.79. The van der Waals surface area contributed by atoms with Crippen LogP contribution in [0.1, 0.15) is 0 Å². The van der Waals surface area contributed by atoms with Gasteiger partial charge in [-0.05, 0) is 23.8 Å². The fourth-order valence-corrected chi connectivity index (χ4v) is 2.49. The van der Waals surface area contributed by atoms with E-state index in [1.54, 1.807) is 42.5 Å². The molecule has 1 heterocycles. The molecule has 0 spiro atoms. The molecule has 0 bridgehead atoms. The van der Waals surface area contributed by atoms with Crippen LogP contribution < -0.4 is 10.2 Å². The van der Waals surface area contributed by atoms with Gasteiger partial charge >= 0.3 is 6.09 Å². The molecule has 1 saturated heterocycles. The number of hydrogen-bond acceptors (Lipinski definition) is 3. The quantitative estimate of drug-likeness (QED) is 0.886. The molecule has 0 radical (unpaired) electrons. The Morgan fingerprint density at radius 3 is 2.43 bits per heavy atom. The minimum Gasteiger partial charge on any atom is -0.452 e. The number of β-lactam (4-membered cyclic amide) rings is 1. The van der Waals surface area contributed by atoms with E-state index in [2.05, 4.69) is 5.32 Å². The van der Waals surface area contributed by atoms with Crippen LogP contribution in [-0.2, 0) is 9.53 Å². The van der Waals surface area contributed by atoms with Gasteiger partial charge in [0.25, 0.3) is 0 Å². The van der Waals surface area contributed by atoms with Crippen LogP contribution in [0.5, 0.6) is 0 Å². The molecule has 2 aromatic rings. The summed E-state index contributed by atoms with van der Waals surface area (Å²) < 4.78 is 18.6. The number of methoxy groups -OCH3 is 1. The molecule has 1 fully saturated rings. The van der Waals surface area contributed by atoms with Crippen LogP contribution in [0.3, 0.4) is 0 Å². The Morgan fingerprint density at radius 1 is 1.22 bits per heavy atom. The molecule has 2 aromatic carbocycles. The normalized spacial score (nSPS) is 16.3. The Morgan fingerprint density at radius 2 is 1.91 bits per heavy atom. The molecule has 0 unspecified atom stereocenters. The third kappa shape index (κ3) is 2.75. The first-order valence-corrected chi connectivity index (χ1v) is 7.11. The minimum atomic E-state index is -0.608. The first kappa shape index (κ1) is 15.0. The van der Waals surface area contributed by atoms with Gasteiger partial charge in [-0.15, -0.1) is 0 Å². The van der Waals surface area contributed by atoms with Gasteiger partial charge in [0.05, 0.1) is 7.11 Å². The molecule has 0 saturated carbocycles. The number of carbonyl (C=O) groups excluding carboxylic acids is 2. The van der Waals surface area contributed by atoms with Gasteiger partial charge in [0, 0.05) is 17.8 Å². The van der Waals surface area contributed by atoms with E-state index in [-0.39, 0.29) is 11.7 Å². The van der Waals surface area contributed by atoms with Gasteiger partial charge in [-0.25, -0.2) is 9.18 Å². The number of hydrogen-bond donors (Lipinski definition) is 1. The lowest BCUT2D eigenvalue weighted by molar-refractivity contribution is -0.127. The van der Waals surface area contributed by atoms with E-state index < -0.39 is 12.1 Å². The molecular formula is C17H15FN2O3. The van der Waals surface area contributed by atoms with Crippen molar-refractivity contribution >= 4 is 17.7 Å². The molecule has 1 atom stereocenters. The molecule has 0 aliphatic carbocycles. The maximum absolute atomic E-state index is 13.8. The Balaban J connectivity index is 1.92. The van der Waals surface area contributed by atoms with E-state index in [1.807, 2.05) is 0 Å². The number of anilines is 1. The molecule has 2 amide bonds. The molecule has 1 aliphatic rings. The Kier molecular flexibility index (Phi) is 3.97. The number of carbonyl (C=O) groups is 2. The molecule has 0 aromatic heterocycles. The summed E-state index contributed by atoms with van der Waals surface area (Å²) >= 11 is 0. The van der Waals surface area contributed by atoms with E-state index >= 15 is 0 Å². The molecule has 1 aliphatic heterocycles. The smallest absolute Gasteiger partial charge is 0.414 e. The van der Waals surface area contributed by atoms with Crippen LogP contribution in [-0.4, -0.2) is 31.7 Å². The van der Waals surface area contributed by atoms with Crippen molar-refractivity contribution in [3.8, 4) is 11.1 Å². The number of halogens is 1. The second-order valence-corrected chi connectivity index (χ2v) is 5.13. The highest BCUT2D eigenvalue weighted by molar-refractivity contribution is 6.00. The topological polar surface area (TPSA) is 58.6 Å². The van der Waals surface area contributed by atoms with Crippen LogP contribution in [0.2, 0.25) is 0 Å². The van der Waals surface area contributed by atoms with Gasteiger partial charge < -0.3 is 10.1 Å². The summed E-state index contributed by atoms with van der Waals surface area (Å²) in [5.74, 6) is -0.544. The first-order valence-electron chi connectivity index (χ1n) is 7.11. The second kappa shape index (κ2) is 6.08. The maximum atomic E-state index is 13.8. The van der Waals surface area contributed by atoms with Gasteiger partial charge in [0.1, 0.15) is 11.9 Å². The number of nitrogens with one attached hydrogen (secondary N) is 1. The van der Waals surface area contributed by atoms with Gasteiger partial charge in [-0.2, -0.15) is 0 Å². The lowest BCUT2D eigenvalue weighted by Crippen LogP contribution is -2.63. The number of ether oxygens (including phenoxy) is 1. The van der Waals surface area contributed by atoms with Crippen LogP contribution >= 0.6 is 0 Å². The lowest BCUT2D eigenvalue weighted by atomic mass is 10.0. The molecule has 23 heavy (non-hydrogen) atoms. The van der Waals surface area contributed by atoms with E-state index in [0.717, 1.165) is 0 Å². The van der Waals surface area contributed by atoms with Gasteiger partial charge in [0.2, 0.25) is 5.91 Å². The molecule has 118 valence electrons. The van der Waals surface area contributed by atoms with Gasteiger partial charge in [-0.1, -0.05) is 30.3 Å². The average Bonchev–Trinajstić information content (AvgIpc) is 2.58. The van der Waals surface area contributed by atoms with Crippen LogP contribution in [0.15, 0.2) is 48.5 Å². The zero-order chi connectivity index (χ0) is 16.4. The SMILES string of the molecule is COC(=O)N(c1ccc(-c2ccccc2F)cc1)[C@H]1CNC1=O. The Hall–Kier alpha value is -2.89. The van der Waals surface area contributed by atoms with Crippen molar-refractivity contribution in [1.29, 1.82) is 0 Å². The van der Waals surface area contributed by atoms with Crippen molar-refractivity contribution in [3.63, 3.8) is 0 Å². The summed E-state index contributed by atoms with van der Waals surface area (Å²) in [6, 6.07) is 12.6. The zero-order valence-corrected chi connectivity index (χ0v) is 12.5. The summed E-state index contributed by atoms with van der Waals surface area (Å²) in [6.45, 7) is 0.378. The van der Waals surface area contributed by atoms with E-state index in [9.17, 15) is 14.0 Å². The fourth-order valence-electron chi connectivity index (χ4n) is 2.49. The summed E-state index contributed by atoms with van der Waals surface area (Å²) in [5, 5.41) is 2.59. The number of benzene rings is 2. The Labute approximate surface area is 132 Å². The Bertz CT molecular complexity index is 746. The van der Waals surface area contributed by atoms with Crippen LogP contribution in [0, 0.1) is 5.82 Å². The van der Waals surface area contributed by atoms with Crippen molar-refractivity contribution in [1.82, 2.24) is 5.32 Å². The summed E-state index contributed by atoms with van der Waals surface area (Å²) in [4.78, 5) is 24.8. The zero-order valence-electron chi connectivity index (χ0n) is 12.5. The van der Waals surface area contributed by atoms with Crippen LogP contribution in [0.4, 0.5) is 14.9 Å². The van der Waals surface area contributed by atoms with Crippen molar-refractivity contribution in [3.05, 3.63) is 54.3 Å². The van der Waals surface area contributed by atoms with Crippen molar-refractivity contribution in [2.45, 2.75) is 6.04 Å². The predicted octanol–water partition coefficient (Wildman–Crippen LogP) is 2.56. The van der Waals surface area contributed by atoms with Crippen molar-refractivity contribution < 1.29 is 18.7 Å². The number of rotatable bonds is 3. The molecule has 5 nitrogen and oxygen atoms in total. The molecule has 3 rings (SSSR count). The molecule has 1 N–H and O–H groups in total. The number of amides is 2. The maximum Gasteiger partial charge on any atom is 0.414 e. The predicted molar refractivity (Wildman–Crippen MR) is 83.5 cm³/mol. The second-order valence-electron chi connectivity index (χ2n) is 5.13. The van der Waals surface area contributed by atoms with E-state index in [0.29, 0.717) is 23.4 Å². The van der Waals surface area contributed by atoms with Crippen molar-refractivity contribution in [2.75, 3.05) is 18.6 Å². The highest BCUT2D eigenvalue weighted by Crippen LogP contribution is 2.27. The molecule has 6 heteroatoms. The summed E-state index contributed by atoms with van der Waals surface area (Å²) in [6.07, 6.45) is -0.608. The fraction of sp³-hybridized carbons (Fsp3) is 0.176. The molecular weight excluding hydrogens is 299 g/mol. The van der Waals surface area contributed by atoms with E-state index in [1.165, 1.54) is 18.1 Å². The minimum absolute atomic E-state index is 0.228.